The van der Waals surface area contributed by atoms with Crippen molar-refractivity contribution in [3.05, 3.63) is 59.7 Å². The summed E-state index contributed by atoms with van der Waals surface area (Å²) < 4.78 is 0. The van der Waals surface area contributed by atoms with Crippen LogP contribution in [0, 0.1) is 0 Å². The molecule has 2 aromatic carbocycles. The Hall–Kier alpha value is -4.08. The molecule has 0 unspecified atom stereocenters. The number of para-hydroxylation sites is 2. The third kappa shape index (κ3) is 5.50. The lowest BCUT2D eigenvalue weighted by Crippen LogP contribution is -2.55. The van der Waals surface area contributed by atoms with Gasteiger partial charge >= 0.3 is 12.1 Å². The SMILES string of the molecule is CC(C)c1ccccc1N1CCC2(CC1)C(=O)N(C)C(=O)N2C.CC(C)c1ccccc1N1CCC2(CC1)NC(=O)NC2=O. The van der Waals surface area contributed by atoms with Gasteiger partial charge in [-0.05, 0) is 60.8 Å². The van der Waals surface area contributed by atoms with E-state index in [2.05, 4.69) is 96.7 Å². The normalized spacial score (nSPS) is 20.9. The van der Waals surface area contributed by atoms with Crippen molar-refractivity contribution in [2.75, 3.05) is 50.1 Å². The number of anilines is 2. The van der Waals surface area contributed by atoms with Gasteiger partial charge in [-0.15, -0.1) is 0 Å². The molecule has 4 fully saturated rings. The van der Waals surface area contributed by atoms with Gasteiger partial charge in [-0.3, -0.25) is 19.8 Å². The average Bonchev–Trinajstić information content (AvgIpc) is 3.38. The van der Waals surface area contributed by atoms with Crippen LogP contribution in [0.25, 0.3) is 0 Å². The summed E-state index contributed by atoms with van der Waals surface area (Å²) in [6.45, 7) is 11.9. The second-order valence-corrected chi connectivity index (χ2v) is 13.1. The number of hydrogen-bond donors (Lipinski definition) is 2. The second kappa shape index (κ2) is 12.1. The number of carbonyl (C=O) groups excluding carboxylic acids is 4. The van der Waals surface area contributed by atoms with E-state index in [4.69, 9.17) is 0 Å². The molecular weight excluding hydrogens is 556 g/mol. The maximum absolute atomic E-state index is 12.6. The Morgan fingerprint density at radius 1 is 0.682 bits per heavy atom. The van der Waals surface area contributed by atoms with Crippen molar-refractivity contribution in [3.63, 3.8) is 0 Å². The summed E-state index contributed by atoms with van der Waals surface area (Å²) in [4.78, 5) is 55.6. The van der Waals surface area contributed by atoms with E-state index in [0.29, 0.717) is 37.5 Å². The van der Waals surface area contributed by atoms with E-state index in [0.717, 1.165) is 26.2 Å². The molecule has 0 atom stereocenters. The van der Waals surface area contributed by atoms with E-state index in [1.54, 1.807) is 19.0 Å². The van der Waals surface area contributed by atoms with E-state index in [1.165, 1.54) is 27.4 Å². The minimum Gasteiger partial charge on any atom is -0.371 e. The van der Waals surface area contributed by atoms with Gasteiger partial charge in [0, 0.05) is 51.6 Å². The van der Waals surface area contributed by atoms with Gasteiger partial charge in [0.2, 0.25) is 0 Å². The Kier molecular flexibility index (Phi) is 8.64. The summed E-state index contributed by atoms with van der Waals surface area (Å²) in [5.41, 5.74) is 3.82. The predicted molar refractivity (Wildman–Crippen MR) is 172 cm³/mol. The molecule has 4 heterocycles. The van der Waals surface area contributed by atoms with Crippen molar-refractivity contribution in [1.29, 1.82) is 0 Å². The molecule has 4 saturated heterocycles. The molecule has 4 aliphatic rings. The number of benzene rings is 2. The van der Waals surface area contributed by atoms with E-state index in [1.807, 2.05) is 0 Å². The Balaban J connectivity index is 0.000000175. The standard InChI is InChI=1S/C18H25N3O2.C16H21N3O2/c1-13(2)14-7-5-6-8-15(14)21-11-9-18(10-12-21)16(22)19(3)17(23)20(18)4;1-11(2)12-5-3-4-6-13(12)19-9-7-16(8-10-19)14(20)17-15(21)18-16/h5-8,13H,9-12H2,1-4H3;3-6,11H,7-10H2,1-2H3,(H2,17,18,20,21). The van der Waals surface area contributed by atoms with Gasteiger partial charge in [-0.25, -0.2) is 9.59 Å². The first-order valence-electron chi connectivity index (χ1n) is 15.8. The summed E-state index contributed by atoms with van der Waals surface area (Å²) in [7, 11) is 3.33. The number of piperidine rings is 2. The number of nitrogens with one attached hydrogen (secondary N) is 2. The van der Waals surface area contributed by atoms with Gasteiger partial charge in [-0.1, -0.05) is 64.1 Å². The van der Waals surface area contributed by atoms with Crippen LogP contribution < -0.4 is 20.4 Å². The maximum Gasteiger partial charge on any atom is 0.327 e. The molecule has 4 aliphatic heterocycles. The molecule has 10 nitrogen and oxygen atoms in total. The van der Waals surface area contributed by atoms with Crippen LogP contribution in [0.2, 0.25) is 0 Å². The molecular formula is C34H46N6O4. The Labute approximate surface area is 260 Å². The monoisotopic (exact) mass is 602 g/mol. The molecule has 6 amide bonds. The summed E-state index contributed by atoms with van der Waals surface area (Å²) in [5.74, 6) is 0.697. The summed E-state index contributed by atoms with van der Waals surface area (Å²) in [6, 6.07) is 16.3. The van der Waals surface area contributed by atoms with Crippen LogP contribution in [-0.4, -0.2) is 85.0 Å². The molecule has 0 bridgehead atoms. The highest BCUT2D eigenvalue weighted by molar-refractivity contribution is 6.07. The van der Waals surface area contributed by atoms with Crippen molar-refractivity contribution in [3.8, 4) is 0 Å². The number of urea groups is 2. The predicted octanol–water partition coefficient (Wildman–Crippen LogP) is 4.66. The Bertz CT molecular complexity index is 1420. The topological polar surface area (TPSA) is 105 Å². The number of likely N-dealkylation sites (N-methyl/N-ethyl adjacent to an activating group) is 2. The van der Waals surface area contributed by atoms with E-state index >= 15 is 0 Å². The Morgan fingerprint density at radius 2 is 1.14 bits per heavy atom. The first-order valence-corrected chi connectivity index (χ1v) is 15.8. The second-order valence-electron chi connectivity index (χ2n) is 13.1. The van der Waals surface area contributed by atoms with Gasteiger partial charge < -0.3 is 20.0 Å². The molecule has 0 saturated carbocycles. The van der Waals surface area contributed by atoms with Crippen LogP contribution in [-0.2, 0) is 9.59 Å². The summed E-state index contributed by atoms with van der Waals surface area (Å²) in [6.07, 6.45) is 2.67. The fraction of sp³-hybridized carbons (Fsp3) is 0.529. The highest BCUT2D eigenvalue weighted by atomic mass is 16.2. The van der Waals surface area contributed by atoms with Crippen LogP contribution in [0.5, 0.6) is 0 Å². The minimum absolute atomic E-state index is 0.0539. The van der Waals surface area contributed by atoms with E-state index in [-0.39, 0.29) is 23.9 Å². The lowest BCUT2D eigenvalue weighted by atomic mass is 9.85. The average molecular weight is 603 g/mol. The fourth-order valence-electron chi connectivity index (χ4n) is 7.15. The zero-order valence-electron chi connectivity index (χ0n) is 26.9. The molecule has 6 rings (SSSR count). The summed E-state index contributed by atoms with van der Waals surface area (Å²) >= 11 is 0. The highest BCUT2D eigenvalue weighted by Gasteiger charge is 2.55. The molecule has 44 heavy (non-hydrogen) atoms. The van der Waals surface area contributed by atoms with Crippen LogP contribution in [0.15, 0.2) is 48.5 Å². The number of carbonyl (C=O) groups is 4. The fourth-order valence-corrected chi connectivity index (χ4v) is 7.15. The third-order valence-electron chi connectivity index (χ3n) is 9.94. The molecule has 2 N–H and O–H groups in total. The van der Waals surface area contributed by atoms with Gasteiger partial charge in [0.1, 0.15) is 11.1 Å². The first kappa shape index (κ1) is 31.3. The molecule has 2 aromatic rings. The molecule has 0 aromatic heterocycles. The number of amides is 6. The molecule has 0 aliphatic carbocycles. The third-order valence-corrected chi connectivity index (χ3v) is 9.94. The quantitative estimate of drug-likeness (QED) is 0.494. The molecule has 236 valence electrons. The summed E-state index contributed by atoms with van der Waals surface area (Å²) in [5, 5.41) is 5.16. The maximum atomic E-state index is 12.6. The minimum atomic E-state index is -0.694. The zero-order valence-corrected chi connectivity index (χ0v) is 26.9. The van der Waals surface area contributed by atoms with E-state index < -0.39 is 11.1 Å². The van der Waals surface area contributed by atoms with Gasteiger partial charge in [0.25, 0.3) is 11.8 Å². The smallest absolute Gasteiger partial charge is 0.327 e. The Morgan fingerprint density at radius 3 is 1.52 bits per heavy atom. The van der Waals surface area contributed by atoms with Crippen LogP contribution >= 0.6 is 0 Å². The zero-order chi connectivity index (χ0) is 31.8. The van der Waals surface area contributed by atoms with Gasteiger partial charge in [0.05, 0.1) is 0 Å². The number of hydrogen-bond acceptors (Lipinski definition) is 6. The first-order chi connectivity index (χ1) is 20.9. The van der Waals surface area contributed by atoms with Crippen molar-refractivity contribution in [2.24, 2.45) is 0 Å². The number of rotatable bonds is 4. The number of nitrogens with zero attached hydrogens (tertiary/aromatic N) is 4. The van der Waals surface area contributed by atoms with Crippen molar-refractivity contribution >= 4 is 35.3 Å². The van der Waals surface area contributed by atoms with Crippen molar-refractivity contribution in [1.82, 2.24) is 20.4 Å². The molecule has 0 radical (unpaired) electrons. The van der Waals surface area contributed by atoms with Gasteiger partial charge in [0.15, 0.2) is 0 Å². The van der Waals surface area contributed by atoms with Gasteiger partial charge in [-0.2, -0.15) is 0 Å². The van der Waals surface area contributed by atoms with Crippen LogP contribution in [0.4, 0.5) is 21.0 Å². The van der Waals surface area contributed by atoms with Crippen molar-refractivity contribution in [2.45, 2.75) is 76.3 Å². The van der Waals surface area contributed by atoms with Crippen LogP contribution in [0.3, 0.4) is 0 Å². The molecule has 10 heteroatoms. The largest absolute Gasteiger partial charge is 0.371 e. The van der Waals surface area contributed by atoms with Crippen molar-refractivity contribution < 1.29 is 19.2 Å². The van der Waals surface area contributed by atoms with E-state index in [9.17, 15) is 19.2 Å². The highest BCUT2D eigenvalue weighted by Crippen LogP contribution is 2.38. The lowest BCUT2D eigenvalue weighted by Gasteiger charge is -2.42. The lowest BCUT2D eigenvalue weighted by molar-refractivity contribution is -0.133. The van der Waals surface area contributed by atoms with Crippen LogP contribution in [0.1, 0.15) is 76.3 Å². The molecule has 2 spiro atoms. The number of imide groups is 2.